The van der Waals surface area contributed by atoms with E-state index in [-0.39, 0.29) is 46.2 Å². The fourth-order valence-electron chi connectivity index (χ4n) is 4.81. The van der Waals surface area contributed by atoms with E-state index in [1.807, 2.05) is 0 Å². The third-order valence-electron chi connectivity index (χ3n) is 6.31. The van der Waals surface area contributed by atoms with E-state index in [0.29, 0.717) is 0 Å². The van der Waals surface area contributed by atoms with E-state index < -0.39 is 23.5 Å². The van der Waals surface area contributed by atoms with Crippen LogP contribution in [0.15, 0.2) is 24.3 Å². The van der Waals surface area contributed by atoms with Crippen LogP contribution in [-0.4, -0.2) is 29.1 Å². The fourth-order valence-corrected chi connectivity index (χ4v) is 4.98. The number of nitrogens with one attached hydrogen (secondary N) is 1. The zero-order valence-electron chi connectivity index (χ0n) is 16.5. The number of alkyl halides is 3. The summed E-state index contributed by atoms with van der Waals surface area (Å²) in [5.41, 5.74) is -0.936. The molecule has 0 spiro atoms. The second-order valence-electron chi connectivity index (χ2n) is 7.97. The van der Waals surface area contributed by atoms with Gasteiger partial charge >= 0.3 is 12.1 Å². The lowest BCUT2D eigenvalue weighted by Crippen LogP contribution is -2.52. The van der Waals surface area contributed by atoms with Crippen molar-refractivity contribution in [1.82, 2.24) is 9.97 Å². The molecular formula is C21H20ClF4N3O2. The van der Waals surface area contributed by atoms with Crippen LogP contribution in [0.25, 0.3) is 11.3 Å². The van der Waals surface area contributed by atoms with Crippen molar-refractivity contribution in [3.05, 3.63) is 40.9 Å². The summed E-state index contributed by atoms with van der Waals surface area (Å²) in [5.74, 6) is -1.51. The van der Waals surface area contributed by atoms with Crippen molar-refractivity contribution >= 4 is 23.4 Å². The maximum atomic E-state index is 15.3. The van der Waals surface area contributed by atoms with Gasteiger partial charge in [0.15, 0.2) is 11.6 Å². The maximum absolute atomic E-state index is 15.3. The van der Waals surface area contributed by atoms with Gasteiger partial charge in [0.1, 0.15) is 5.69 Å². The predicted octanol–water partition coefficient (Wildman–Crippen LogP) is 5.34. The highest BCUT2D eigenvalue weighted by molar-refractivity contribution is 6.28. The molecule has 1 N–H and O–H groups in total. The number of benzene rings is 1. The van der Waals surface area contributed by atoms with Gasteiger partial charge in [0.05, 0.1) is 18.6 Å². The minimum absolute atomic E-state index is 0.132. The Kier molecular flexibility index (Phi) is 5.81. The highest BCUT2D eigenvalue weighted by Crippen LogP contribution is 2.47. The van der Waals surface area contributed by atoms with Crippen LogP contribution in [-0.2, 0) is 15.7 Å². The molecule has 166 valence electrons. The highest BCUT2D eigenvalue weighted by atomic mass is 35.5. The summed E-state index contributed by atoms with van der Waals surface area (Å²) in [5, 5.41) is 2.79. The van der Waals surface area contributed by atoms with Crippen LogP contribution in [0.2, 0.25) is 5.28 Å². The van der Waals surface area contributed by atoms with E-state index in [9.17, 15) is 18.0 Å². The van der Waals surface area contributed by atoms with Crippen LogP contribution in [0.5, 0.6) is 0 Å². The van der Waals surface area contributed by atoms with Gasteiger partial charge in [-0.2, -0.15) is 18.2 Å². The molecule has 0 aliphatic heterocycles. The number of nitrogens with zero attached hydrogens (tertiary/aromatic N) is 2. The number of fused-ring (bicyclic) bond motifs is 3. The van der Waals surface area contributed by atoms with Crippen molar-refractivity contribution in [3.8, 4) is 11.3 Å². The lowest BCUT2D eigenvalue weighted by atomic mass is 9.61. The van der Waals surface area contributed by atoms with Crippen LogP contribution in [0.4, 0.5) is 23.4 Å². The van der Waals surface area contributed by atoms with Gasteiger partial charge in [-0.25, -0.2) is 9.37 Å². The molecular weight excluding hydrogens is 438 g/mol. The van der Waals surface area contributed by atoms with Crippen molar-refractivity contribution in [2.24, 2.45) is 17.8 Å². The van der Waals surface area contributed by atoms with E-state index in [2.05, 4.69) is 15.3 Å². The van der Waals surface area contributed by atoms with Gasteiger partial charge in [-0.05, 0) is 61.3 Å². The number of carbonyl (C=O) groups excluding carboxylic acids is 1. The van der Waals surface area contributed by atoms with Crippen molar-refractivity contribution in [2.75, 3.05) is 12.4 Å². The SMILES string of the molecule is COC(=O)C1C2CCC(CC2)C1Nc1nc(Cl)nc(-c2ccc(C(F)(F)F)cc2)c1F. The number of methoxy groups -OCH3 is 1. The topological polar surface area (TPSA) is 64.1 Å². The summed E-state index contributed by atoms with van der Waals surface area (Å²) >= 11 is 6.00. The molecule has 2 atom stereocenters. The first-order chi connectivity index (χ1) is 14.7. The maximum Gasteiger partial charge on any atom is 0.416 e. The molecule has 2 unspecified atom stereocenters. The van der Waals surface area contributed by atoms with Crippen LogP contribution in [0, 0.1) is 23.6 Å². The number of anilines is 1. The van der Waals surface area contributed by atoms with Gasteiger partial charge < -0.3 is 10.1 Å². The van der Waals surface area contributed by atoms with E-state index in [1.165, 1.54) is 7.11 Å². The average molecular weight is 458 g/mol. The van der Waals surface area contributed by atoms with Crippen LogP contribution in [0.3, 0.4) is 0 Å². The Bertz CT molecular complexity index is 976. The average Bonchev–Trinajstić information content (AvgIpc) is 2.75. The monoisotopic (exact) mass is 457 g/mol. The molecule has 3 fully saturated rings. The molecule has 1 aromatic heterocycles. The Labute approximate surface area is 181 Å². The third-order valence-corrected chi connectivity index (χ3v) is 6.47. The molecule has 3 aliphatic rings. The Balaban J connectivity index is 1.67. The number of halogens is 5. The molecule has 2 aromatic rings. The second kappa shape index (κ2) is 8.26. The number of hydrogen-bond acceptors (Lipinski definition) is 5. The Morgan fingerprint density at radius 2 is 1.71 bits per heavy atom. The number of ether oxygens (including phenoxy) is 1. The smallest absolute Gasteiger partial charge is 0.416 e. The fraction of sp³-hybridized carbons (Fsp3) is 0.476. The zero-order valence-corrected chi connectivity index (χ0v) is 17.3. The van der Waals surface area contributed by atoms with Gasteiger partial charge in [-0.1, -0.05) is 12.1 Å². The van der Waals surface area contributed by atoms with Crippen LogP contribution < -0.4 is 5.32 Å². The van der Waals surface area contributed by atoms with Crippen molar-refractivity contribution in [2.45, 2.75) is 37.9 Å². The summed E-state index contributed by atoms with van der Waals surface area (Å²) in [6, 6.07) is 3.60. The Morgan fingerprint density at radius 1 is 1.10 bits per heavy atom. The minimum atomic E-state index is -4.50. The molecule has 0 radical (unpaired) electrons. The molecule has 3 aliphatic carbocycles. The molecule has 5 nitrogen and oxygen atoms in total. The number of hydrogen-bond donors (Lipinski definition) is 1. The van der Waals surface area contributed by atoms with Crippen molar-refractivity contribution < 1.29 is 27.1 Å². The number of carbonyl (C=O) groups is 1. The number of aromatic nitrogens is 2. The van der Waals surface area contributed by atoms with E-state index >= 15 is 4.39 Å². The van der Waals surface area contributed by atoms with Gasteiger partial charge in [-0.3, -0.25) is 4.79 Å². The summed E-state index contributed by atoms with van der Waals surface area (Å²) in [7, 11) is 1.33. The Morgan fingerprint density at radius 3 is 2.29 bits per heavy atom. The summed E-state index contributed by atoms with van der Waals surface area (Å²) < 4.78 is 58.7. The molecule has 10 heteroatoms. The Hall–Kier alpha value is -2.42. The predicted molar refractivity (Wildman–Crippen MR) is 106 cm³/mol. The lowest BCUT2D eigenvalue weighted by molar-refractivity contribution is -0.152. The highest BCUT2D eigenvalue weighted by Gasteiger charge is 2.48. The van der Waals surface area contributed by atoms with Gasteiger partial charge in [-0.15, -0.1) is 0 Å². The van der Waals surface area contributed by atoms with Gasteiger partial charge in [0.25, 0.3) is 0 Å². The van der Waals surface area contributed by atoms with Crippen LogP contribution >= 0.6 is 11.6 Å². The largest absolute Gasteiger partial charge is 0.469 e. The molecule has 2 bridgehead atoms. The summed E-state index contributed by atoms with van der Waals surface area (Å²) in [4.78, 5) is 20.2. The standard InChI is InChI=1S/C21H20ClF4N3O2/c1-31-19(30)14-10-2-4-11(5-3-10)16(14)27-18-15(23)17(28-20(22)29-18)12-6-8-13(9-7-12)21(24,25)26/h6-11,14,16H,2-5H2,1H3,(H,27,28,29). The van der Waals surface area contributed by atoms with E-state index in [1.54, 1.807) is 0 Å². The first-order valence-corrected chi connectivity index (χ1v) is 10.3. The van der Waals surface area contributed by atoms with Crippen molar-refractivity contribution in [3.63, 3.8) is 0 Å². The van der Waals surface area contributed by atoms with Crippen molar-refractivity contribution in [1.29, 1.82) is 0 Å². The molecule has 1 heterocycles. The molecule has 31 heavy (non-hydrogen) atoms. The van der Waals surface area contributed by atoms with Gasteiger partial charge in [0.2, 0.25) is 5.28 Å². The zero-order chi connectivity index (χ0) is 22.3. The van der Waals surface area contributed by atoms with Gasteiger partial charge in [0, 0.05) is 11.6 Å². The lowest BCUT2D eigenvalue weighted by Gasteiger charge is -2.47. The third kappa shape index (κ3) is 4.20. The molecule has 1 aromatic carbocycles. The second-order valence-corrected chi connectivity index (χ2v) is 8.31. The molecule has 3 saturated carbocycles. The molecule has 5 rings (SSSR count). The number of esters is 1. The van der Waals surface area contributed by atoms with E-state index in [4.69, 9.17) is 16.3 Å². The summed E-state index contributed by atoms with van der Waals surface area (Å²) in [6.07, 6.45) is -0.876. The first kappa shape index (κ1) is 21.8. The minimum Gasteiger partial charge on any atom is -0.469 e. The van der Waals surface area contributed by atoms with E-state index in [0.717, 1.165) is 49.9 Å². The number of rotatable bonds is 4. The normalized spacial score (nSPS) is 25.4. The van der Waals surface area contributed by atoms with Crippen LogP contribution in [0.1, 0.15) is 31.2 Å². The quantitative estimate of drug-likeness (QED) is 0.381. The molecule has 0 saturated heterocycles. The molecule has 0 amide bonds. The first-order valence-electron chi connectivity index (χ1n) is 9.94. The summed E-state index contributed by atoms with van der Waals surface area (Å²) in [6.45, 7) is 0.